The minimum absolute atomic E-state index is 0.0788. The monoisotopic (exact) mass is 716 g/mol. The van der Waals surface area contributed by atoms with Crippen LogP contribution in [0.4, 0.5) is 0 Å². The third-order valence-electron chi connectivity index (χ3n) is 8.01. The van der Waals surface area contributed by atoms with E-state index in [1.54, 1.807) is 24.3 Å². The van der Waals surface area contributed by atoms with E-state index in [4.69, 9.17) is 28.7 Å². The first-order valence-electron chi connectivity index (χ1n) is 16.5. The minimum atomic E-state index is -1.61. The van der Waals surface area contributed by atoms with Crippen LogP contribution >= 0.6 is 0 Å². The SMILES string of the molecule is CC(=O)NC(C)(C)C(=O)N(C)[C@@H](CCCN=C(N)N)C(=O)NC(C)(C)C(=O)N[C@@H](CCCN=C(N)N)C(=O)N(C)[C@@H](Cc1ccccc1)C(N)=O. The first-order chi connectivity index (χ1) is 23.6. The summed E-state index contributed by atoms with van der Waals surface area (Å²) >= 11 is 0. The molecule has 0 aromatic heterocycles. The van der Waals surface area contributed by atoms with Crippen LogP contribution in [0.3, 0.4) is 0 Å². The van der Waals surface area contributed by atoms with Crippen LogP contribution in [-0.4, -0.2) is 114 Å². The number of amides is 6. The highest BCUT2D eigenvalue weighted by atomic mass is 16.2. The summed E-state index contributed by atoms with van der Waals surface area (Å²) in [4.78, 5) is 89.4. The van der Waals surface area contributed by atoms with Crippen molar-refractivity contribution >= 4 is 47.4 Å². The van der Waals surface area contributed by atoms with Gasteiger partial charge in [-0.3, -0.25) is 38.8 Å². The second-order valence-corrected chi connectivity index (χ2v) is 13.3. The number of guanidine groups is 2. The van der Waals surface area contributed by atoms with Crippen molar-refractivity contribution in [3.8, 4) is 0 Å². The molecule has 0 aliphatic rings. The number of hydrogen-bond acceptors (Lipinski definition) is 8. The number of likely N-dealkylation sites (N-methyl/N-ethyl adjacent to an activating group) is 2. The van der Waals surface area contributed by atoms with Crippen LogP contribution in [-0.2, 0) is 35.2 Å². The number of nitrogens with zero attached hydrogens (tertiary/aromatic N) is 4. The van der Waals surface area contributed by atoms with E-state index >= 15 is 0 Å². The smallest absolute Gasteiger partial charge is 0.248 e. The predicted molar refractivity (Wildman–Crippen MR) is 194 cm³/mol. The van der Waals surface area contributed by atoms with Gasteiger partial charge in [-0.15, -0.1) is 0 Å². The van der Waals surface area contributed by atoms with E-state index in [1.807, 2.05) is 6.07 Å². The van der Waals surface area contributed by atoms with E-state index in [0.717, 1.165) is 5.56 Å². The van der Waals surface area contributed by atoms with Crippen molar-refractivity contribution in [2.45, 2.75) is 95.9 Å². The summed E-state index contributed by atoms with van der Waals surface area (Å²) in [5.74, 6) is -4.03. The molecule has 0 heterocycles. The average Bonchev–Trinajstić information content (AvgIpc) is 3.02. The van der Waals surface area contributed by atoms with Crippen molar-refractivity contribution in [1.82, 2.24) is 25.8 Å². The first-order valence-corrected chi connectivity index (χ1v) is 16.5. The van der Waals surface area contributed by atoms with Gasteiger partial charge in [0, 0.05) is 40.5 Å². The van der Waals surface area contributed by atoms with Crippen molar-refractivity contribution in [1.29, 1.82) is 0 Å². The van der Waals surface area contributed by atoms with Gasteiger partial charge in [0.25, 0.3) is 0 Å². The Labute approximate surface area is 299 Å². The predicted octanol–water partition coefficient (Wildman–Crippen LogP) is -2.23. The largest absolute Gasteiger partial charge is 0.370 e. The van der Waals surface area contributed by atoms with Crippen LogP contribution in [0.2, 0.25) is 0 Å². The van der Waals surface area contributed by atoms with Crippen molar-refractivity contribution in [3.63, 3.8) is 0 Å². The summed E-state index contributed by atoms with van der Waals surface area (Å²) in [5.41, 5.74) is 25.2. The highest BCUT2D eigenvalue weighted by Gasteiger charge is 2.40. The molecule has 0 bridgehead atoms. The molecule has 0 fully saturated rings. The molecule has 18 heteroatoms. The van der Waals surface area contributed by atoms with E-state index < -0.39 is 64.6 Å². The molecule has 1 aromatic carbocycles. The zero-order chi connectivity index (χ0) is 39.1. The number of benzene rings is 1. The molecule has 6 amide bonds. The van der Waals surface area contributed by atoms with E-state index in [9.17, 15) is 28.8 Å². The number of primary amides is 1. The summed E-state index contributed by atoms with van der Waals surface area (Å²) < 4.78 is 0. The van der Waals surface area contributed by atoms with Crippen molar-refractivity contribution in [2.75, 3.05) is 27.2 Å². The third kappa shape index (κ3) is 14.5. The Kier molecular flexibility index (Phi) is 16.8. The van der Waals surface area contributed by atoms with Crippen molar-refractivity contribution < 1.29 is 28.8 Å². The second-order valence-electron chi connectivity index (χ2n) is 13.3. The summed E-state index contributed by atoms with van der Waals surface area (Å²) in [7, 11) is 2.83. The molecule has 0 saturated carbocycles. The Balaban J connectivity index is 3.33. The molecule has 3 atom stereocenters. The standard InChI is InChI=1S/C33H56N12O6/c1-20(46)42-33(4,5)29(51)45(7)23(16-12-18-40-31(37)38)26(48)43-32(2,3)28(50)41-22(15-11-17-39-30(35)36)27(49)44(6)24(25(34)47)19-21-13-9-8-10-14-21/h8-10,13-14,22-24H,11-12,15-19H2,1-7H3,(H2,34,47)(H,41,50)(H,42,46)(H,43,48)(H4,35,36,39)(H4,37,38,40)/t22-,23-,24-/m0/s1. The zero-order valence-electron chi connectivity index (χ0n) is 30.7. The average molecular weight is 717 g/mol. The third-order valence-corrected chi connectivity index (χ3v) is 8.01. The molecule has 0 aliphatic heterocycles. The highest BCUT2D eigenvalue weighted by Crippen LogP contribution is 2.17. The van der Waals surface area contributed by atoms with E-state index in [1.165, 1.54) is 58.5 Å². The van der Waals surface area contributed by atoms with Gasteiger partial charge in [-0.1, -0.05) is 30.3 Å². The molecule has 1 aromatic rings. The van der Waals surface area contributed by atoms with Gasteiger partial charge in [0.2, 0.25) is 35.4 Å². The number of nitrogens with one attached hydrogen (secondary N) is 3. The van der Waals surface area contributed by atoms with Crippen LogP contribution < -0.4 is 44.6 Å². The summed E-state index contributed by atoms with van der Waals surface area (Å²) in [6, 6.07) is 5.71. The lowest BCUT2D eigenvalue weighted by atomic mass is 9.98. The number of rotatable bonds is 20. The quantitative estimate of drug-likeness (QED) is 0.0408. The van der Waals surface area contributed by atoms with Gasteiger partial charge >= 0.3 is 0 Å². The Bertz CT molecular complexity index is 1440. The molecular weight excluding hydrogens is 660 g/mol. The Morgan fingerprint density at radius 2 is 1.27 bits per heavy atom. The van der Waals surface area contributed by atoms with Crippen molar-refractivity contribution in [2.24, 2.45) is 38.7 Å². The van der Waals surface area contributed by atoms with Gasteiger partial charge in [0.05, 0.1) is 0 Å². The summed E-state index contributed by atoms with van der Waals surface area (Å²) in [6.07, 6.45) is 0.901. The molecule has 13 N–H and O–H groups in total. The molecule has 0 spiro atoms. The molecule has 0 unspecified atom stereocenters. The van der Waals surface area contributed by atoms with Gasteiger partial charge in [-0.25, -0.2) is 0 Å². The van der Waals surface area contributed by atoms with Gasteiger partial charge in [-0.05, 0) is 58.9 Å². The van der Waals surface area contributed by atoms with Gasteiger partial charge in [-0.2, -0.15) is 0 Å². The van der Waals surface area contributed by atoms with Crippen LogP contribution in [0, 0.1) is 0 Å². The molecule has 18 nitrogen and oxygen atoms in total. The summed E-state index contributed by atoms with van der Waals surface area (Å²) in [6.45, 7) is 7.47. The molecule has 0 radical (unpaired) electrons. The zero-order valence-corrected chi connectivity index (χ0v) is 30.7. The highest BCUT2D eigenvalue weighted by molar-refractivity contribution is 5.98. The minimum Gasteiger partial charge on any atom is -0.370 e. The lowest BCUT2D eigenvalue weighted by molar-refractivity contribution is -0.146. The molecule has 0 aliphatic carbocycles. The Hall–Kier alpha value is -5.42. The number of carbonyl (C=O) groups is 6. The Morgan fingerprint density at radius 1 is 0.745 bits per heavy atom. The molecule has 284 valence electrons. The maximum absolute atomic E-state index is 13.9. The van der Waals surface area contributed by atoms with Crippen LogP contribution in [0.15, 0.2) is 40.3 Å². The number of hydrogen-bond donors (Lipinski definition) is 8. The fourth-order valence-electron chi connectivity index (χ4n) is 5.28. The second kappa shape index (κ2) is 19.7. The number of carbonyl (C=O) groups excluding carboxylic acids is 6. The van der Waals surface area contributed by atoms with E-state index in [-0.39, 0.29) is 50.7 Å². The van der Waals surface area contributed by atoms with Gasteiger partial charge < -0.3 is 54.4 Å². The normalized spacial score (nSPS) is 13.0. The lowest BCUT2D eigenvalue weighted by Gasteiger charge is -2.36. The lowest BCUT2D eigenvalue weighted by Crippen LogP contribution is -2.64. The van der Waals surface area contributed by atoms with Gasteiger partial charge in [0.1, 0.15) is 29.2 Å². The van der Waals surface area contributed by atoms with E-state index in [2.05, 4.69) is 25.9 Å². The Morgan fingerprint density at radius 3 is 1.76 bits per heavy atom. The van der Waals surface area contributed by atoms with Gasteiger partial charge in [0.15, 0.2) is 11.9 Å². The molecular formula is C33H56N12O6. The maximum atomic E-state index is 13.9. The molecule has 51 heavy (non-hydrogen) atoms. The van der Waals surface area contributed by atoms with E-state index in [0.29, 0.717) is 6.42 Å². The fourth-order valence-corrected chi connectivity index (χ4v) is 5.28. The first kappa shape index (κ1) is 43.6. The number of aliphatic imine (C=N–C) groups is 2. The van der Waals surface area contributed by atoms with Crippen molar-refractivity contribution in [3.05, 3.63) is 35.9 Å². The molecule has 1 rings (SSSR count). The van der Waals surface area contributed by atoms with Crippen LogP contribution in [0.1, 0.15) is 65.9 Å². The van der Waals surface area contributed by atoms with Crippen LogP contribution in [0.5, 0.6) is 0 Å². The topological polar surface area (TPSA) is 300 Å². The maximum Gasteiger partial charge on any atom is 0.248 e. The number of nitrogens with two attached hydrogens (primary N) is 5. The van der Waals surface area contributed by atoms with Crippen LogP contribution in [0.25, 0.3) is 0 Å². The summed E-state index contributed by atoms with van der Waals surface area (Å²) in [5, 5.41) is 7.97. The fraction of sp³-hybridized carbons (Fsp3) is 0.576. The molecule has 0 saturated heterocycles.